The van der Waals surface area contributed by atoms with Crippen molar-refractivity contribution in [2.75, 3.05) is 0 Å². The summed E-state index contributed by atoms with van der Waals surface area (Å²) in [5, 5.41) is 0. The summed E-state index contributed by atoms with van der Waals surface area (Å²) in [6.45, 7) is 4.48. The molecule has 0 heterocycles. The minimum Gasteiger partial charge on any atom is -0.421 e. The van der Waals surface area contributed by atoms with Gasteiger partial charge in [-0.25, -0.2) is 19.2 Å². The van der Waals surface area contributed by atoms with Crippen LogP contribution >= 0.6 is 0 Å². The number of para-hydroxylation sites is 2. The third-order valence-corrected chi connectivity index (χ3v) is 14.1. The molecule has 20 nitrogen and oxygen atoms in total. The number of hydrogen-bond acceptors (Lipinski definition) is 16. The van der Waals surface area contributed by atoms with Gasteiger partial charge in [-0.3, -0.25) is 19.2 Å². The zero-order valence-electron chi connectivity index (χ0n) is 51.7. The van der Waals surface area contributed by atoms with Crippen LogP contribution in [-0.2, 0) is 51.2 Å². The first kappa shape index (κ1) is 74.1. The summed E-state index contributed by atoms with van der Waals surface area (Å²) >= 11 is 0. The van der Waals surface area contributed by atoms with E-state index < -0.39 is 71.7 Å². The van der Waals surface area contributed by atoms with Gasteiger partial charge >= 0.3 is 26.7 Å². The summed E-state index contributed by atoms with van der Waals surface area (Å²) in [5.74, 6) is -5.12. The second kappa shape index (κ2) is 46.5. The zero-order valence-corrected chi connectivity index (χ0v) is 49.7. The van der Waals surface area contributed by atoms with Gasteiger partial charge in [0.25, 0.3) is 0 Å². The third-order valence-electron chi connectivity index (χ3n) is 14.1. The van der Waals surface area contributed by atoms with Gasteiger partial charge in [-0.15, -0.1) is 0 Å². The molecule has 0 aliphatic carbocycles. The van der Waals surface area contributed by atoms with Gasteiger partial charge in [-0.2, -0.15) is 0 Å². The van der Waals surface area contributed by atoms with Crippen LogP contribution in [-0.4, -0.2) is 71.7 Å². The zero-order chi connectivity index (χ0) is 60.9. The summed E-state index contributed by atoms with van der Waals surface area (Å²) in [5.41, 5.74) is 45.5. The SMILES string of the molecule is CCCCCCCCCCCCCCCc1cccc(OC(=O)[C@@H](N)CCC(N)=O)c1OC(=O)[C@@H](N)CCC(N)=O.CCCCCCCCCCCCCCCc1cccc(OC(=O)[C@@H](N)CCC(N)=O)c1OC(=O)[C@@H](N)CCC(N)=O.[H+].[H+]. The van der Waals surface area contributed by atoms with Crippen molar-refractivity contribution in [3.8, 4) is 23.0 Å². The fraction of sp³-hybridized carbons (Fsp3) is 0.677. The molecule has 0 radical (unpaired) electrons. The number of amides is 4. The Balaban J connectivity index is 0. The number of rotatable bonds is 48. The molecule has 4 amide bonds. The fourth-order valence-electron chi connectivity index (χ4n) is 8.96. The number of carbonyl (C=O) groups excluding carboxylic acids is 8. The molecule has 0 aliphatic heterocycles. The second-order valence-electron chi connectivity index (χ2n) is 21.6. The van der Waals surface area contributed by atoms with Gasteiger partial charge in [-0.1, -0.05) is 192 Å². The lowest BCUT2D eigenvalue weighted by Crippen LogP contribution is -2.36. The maximum Gasteiger partial charge on any atom is 1.00 e. The molecule has 2 aromatic rings. The van der Waals surface area contributed by atoms with Crippen LogP contribution in [0.15, 0.2) is 36.4 Å². The van der Waals surface area contributed by atoms with E-state index in [1.165, 1.54) is 141 Å². The predicted octanol–water partition coefficient (Wildman–Crippen LogP) is 8.86. The van der Waals surface area contributed by atoms with Crippen molar-refractivity contribution >= 4 is 47.5 Å². The van der Waals surface area contributed by atoms with Crippen molar-refractivity contribution in [3.63, 3.8) is 0 Å². The van der Waals surface area contributed by atoms with Crippen molar-refractivity contribution in [1.82, 2.24) is 0 Å². The monoisotopic (exact) mass is 1150 g/mol. The van der Waals surface area contributed by atoms with Crippen molar-refractivity contribution < 1.29 is 60.2 Å². The van der Waals surface area contributed by atoms with Crippen LogP contribution < -0.4 is 64.8 Å². The molecule has 0 unspecified atom stereocenters. The Kier molecular flexibility index (Phi) is 42.0. The minimum absolute atomic E-state index is 0. The highest BCUT2D eigenvalue weighted by Crippen LogP contribution is 2.35. The lowest BCUT2D eigenvalue weighted by atomic mass is 10.0. The highest BCUT2D eigenvalue weighted by molar-refractivity contribution is 5.84. The number of carbonyl (C=O) groups is 8. The molecule has 2 rings (SSSR count). The van der Waals surface area contributed by atoms with Crippen molar-refractivity contribution in [2.45, 2.75) is 269 Å². The fourth-order valence-corrected chi connectivity index (χ4v) is 8.96. The Hall–Kier alpha value is -5.96. The topological polar surface area (TPSA) is 382 Å². The molecule has 0 saturated carbocycles. The molecule has 0 aliphatic rings. The molecule has 4 atom stereocenters. The lowest BCUT2D eigenvalue weighted by Gasteiger charge is -2.18. The highest BCUT2D eigenvalue weighted by Gasteiger charge is 2.26. The summed E-state index contributed by atoms with van der Waals surface area (Å²) in [4.78, 5) is 94.8. The van der Waals surface area contributed by atoms with Crippen LogP contribution in [0.5, 0.6) is 23.0 Å². The minimum atomic E-state index is -1.08. The van der Waals surface area contributed by atoms with E-state index in [2.05, 4.69) is 13.8 Å². The van der Waals surface area contributed by atoms with E-state index in [-0.39, 0.29) is 77.2 Å². The number of benzene rings is 2. The number of aryl methyl sites for hydroxylation is 2. The maximum absolute atomic E-state index is 12.7. The Morgan fingerprint density at radius 3 is 0.793 bits per heavy atom. The highest BCUT2D eigenvalue weighted by atomic mass is 16.6. The quantitative estimate of drug-likeness (QED) is 0.0174. The smallest absolute Gasteiger partial charge is 0.421 e. The van der Waals surface area contributed by atoms with Crippen molar-refractivity contribution in [3.05, 3.63) is 47.5 Å². The number of hydrogen-bond donors (Lipinski definition) is 8. The van der Waals surface area contributed by atoms with Crippen LogP contribution in [0.25, 0.3) is 0 Å². The average molecular weight is 1160 g/mol. The Morgan fingerprint density at radius 1 is 0.341 bits per heavy atom. The van der Waals surface area contributed by atoms with Gasteiger partial charge in [0.1, 0.15) is 24.2 Å². The van der Waals surface area contributed by atoms with Gasteiger partial charge in [0, 0.05) is 25.7 Å². The van der Waals surface area contributed by atoms with E-state index >= 15 is 0 Å². The predicted molar refractivity (Wildman–Crippen MR) is 322 cm³/mol. The molecule has 0 saturated heterocycles. The first-order chi connectivity index (χ1) is 39.3. The van der Waals surface area contributed by atoms with Crippen LogP contribution in [0.1, 0.15) is 246 Å². The molecule has 20 heteroatoms. The van der Waals surface area contributed by atoms with E-state index in [1.807, 2.05) is 12.1 Å². The Bertz CT molecular complexity index is 2040. The maximum atomic E-state index is 12.7. The standard InChI is InChI=1S/2C31H52N4O6/c2*1-2-3-4-5-6-7-8-9-10-11-12-13-14-16-23-17-15-18-26(40-30(38)24(32)19-21-27(34)36)29(23)41-31(39)25(33)20-22-28(35)37/h2*15,17-18,24-25H,2-14,16,19-22,32-33H2,1H3,(H2,34,36)(H2,35,37)/p+2/t2*24-,25-/m00/s1. The molecule has 0 aromatic heterocycles. The number of nitrogens with two attached hydrogens (primary N) is 8. The van der Waals surface area contributed by atoms with E-state index in [0.717, 1.165) is 38.5 Å². The molecule has 2 aromatic carbocycles. The van der Waals surface area contributed by atoms with Gasteiger partial charge in [-0.05, 0) is 74.6 Å². The molecule has 0 spiro atoms. The largest absolute Gasteiger partial charge is 1.00 e. The van der Waals surface area contributed by atoms with Crippen LogP contribution in [0, 0.1) is 0 Å². The molecule has 82 heavy (non-hydrogen) atoms. The molecular weight excluding hydrogens is 1050 g/mol. The number of primary amides is 4. The first-order valence-electron chi connectivity index (χ1n) is 30.6. The van der Waals surface area contributed by atoms with Gasteiger partial charge < -0.3 is 64.8 Å². The van der Waals surface area contributed by atoms with Crippen molar-refractivity contribution in [1.29, 1.82) is 0 Å². The number of esters is 4. The lowest BCUT2D eigenvalue weighted by molar-refractivity contribution is -0.139. The van der Waals surface area contributed by atoms with Gasteiger partial charge in [0.15, 0.2) is 23.0 Å². The molecule has 16 N–H and O–H groups in total. The Labute approximate surface area is 491 Å². The molecule has 0 fully saturated rings. The number of unbranched alkanes of at least 4 members (excludes halogenated alkanes) is 24. The average Bonchev–Trinajstić information content (AvgIpc) is 3.44. The molecule has 464 valence electrons. The molecular formula is C62H106N8O12+2. The summed E-state index contributed by atoms with van der Waals surface area (Å²) in [6.07, 6.45) is 33.1. The first-order valence-corrected chi connectivity index (χ1v) is 30.6. The van der Waals surface area contributed by atoms with Crippen molar-refractivity contribution in [2.24, 2.45) is 45.9 Å². The van der Waals surface area contributed by atoms with E-state index in [4.69, 9.17) is 64.8 Å². The van der Waals surface area contributed by atoms with E-state index in [1.54, 1.807) is 12.1 Å². The molecule has 0 bridgehead atoms. The van der Waals surface area contributed by atoms with E-state index in [9.17, 15) is 38.4 Å². The summed E-state index contributed by atoms with van der Waals surface area (Å²) < 4.78 is 22.2. The van der Waals surface area contributed by atoms with Gasteiger partial charge in [0.05, 0.1) is 0 Å². The summed E-state index contributed by atoms with van der Waals surface area (Å²) in [6, 6.07) is 5.74. The summed E-state index contributed by atoms with van der Waals surface area (Å²) in [7, 11) is 0. The van der Waals surface area contributed by atoms with E-state index in [0.29, 0.717) is 24.0 Å². The van der Waals surface area contributed by atoms with Crippen LogP contribution in [0.3, 0.4) is 0 Å². The normalized spacial score (nSPS) is 12.5. The van der Waals surface area contributed by atoms with Crippen LogP contribution in [0.2, 0.25) is 0 Å². The third kappa shape index (κ3) is 36.5. The van der Waals surface area contributed by atoms with Crippen LogP contribution in [0.4, 0.5) is 0 Å². The number of ether oxygens (including phenoxy) is 4. The van der Waals surface area contributed by atoms with Gasteiger partial charge in [0.2, 0.25) is 23.6 Å². The second-order valence-corrected chi connectivity index (χ2v) is 21.6. The Morgan fingerprint density at radius 2 is 0.561 bits per heavy atom.